The molecule has 0 atom stereocenters. The molecule has 0 bridgehead atoms. The van der Waals surface area contributed by atoms with E-state index in [4.69, 9.17) is 4.74 Å². The van der Waals surface area contributed by atoms with Crippen molar-refractivity contribution >= 4 is 16.7 Å². The van der Waals surface area contributed by atoms with E-state index in [0.717, 1.165) is 22.2 Å². The van der Waals surface area contributed by atoms with Crippen molar-refractivity contribution in [3.63, 3.8) is 0 Å². The van der Waals surface area contributed by atoms with Crippen LogP contribution in [0.3, 0.4) is 0 Å². The number of hydrogen-bond acceptors (Lipinski definition) is 3. The van der Waals surface area contributed by atoms with E-state index in [1.807, 2.05) is 54.6 Å². The van der Waals surface area contributed by atoms with Crippen LogP contribution >= 0.6 is 0 Å². The topological polar surface area (TPSA) is 39.2 Å². The van der Waals surface area contributed by atoms with E-state index in [1.165, 1.54) is 0 Å². The van der Waals surface area contributed by atoms with Gasteiger partial charge in [0, 0.05) is 23.6 Å². The lowest BCUT2D eigenvalue weighted by Gasteiger charge is -2.04. The maximum Gasteiger partial charge on any atom is 0.167 e. The number of hydrogen-bond donors (Lipinski definition) is 0. The number of ether oxygens (including phenoxy) is 1. The second-order valence-electron chi connectivity index (χ2n) is 4.86. The Bertz CT molecular complexity index is 779. The van der Waals surface area contributed by atoms with E-state index in [1.54, 1.807) is 13.3 Å². The molecule has 1 aromatic heterocycles. The summed E-state index contributed by atoms with van der Waals surface area (Å²) in [6.45, 7) is 0. The lowest BCUT2D eigenvalue weighted by molar-refractivity contribution is 0.0993. The van der Waals surface area contributed by atoms with Gasteiger partial charge in [0.2, 0.25) is 0 Å². The molecule has 0 aliphatic rings. The Kier molecular flexibility index (Phi) is 3.65. The Hall–Kier alpha value is -2.68. The maximum absolute atomic E-state index is 12.4. The zero-order chi connectivity index (χ0) is 14.7. The predicted molar refractivity (Wildman–Crippen MR) is 82.8 cm³/mol. The largest absolute Gasteiger partial charge is 0.497 e. The normalized spacial score (nSPS) is 10.5. The third-order valence-electron chi connectivity index (χ3n) is 3.45. The summed E-state index contributed by atoms with van der Waals surface area (Å²) in [6, 6.07) is 17.1. The molecule has 0 aliphatic carbocycles. The first-order valence-corrected chi connectivity index (χ1v) is 6.77. The molecular formula is C18H15NO2. The molecule has 3 heteroatoms. The highest BCUT2D eigenvalue weighted by Gasteiger charge is 2.08. The molecule has 21 heavy (non-hydrogen) atoms. The maximum atomic E-state index is 12.4. The van der Waals surface area contributed by atoms with Crippen LogP contribution in [0.1, 0.15) is 15.9 Å². The van der Waals surface area contributed by atoms with Gasteiger partial charge < -0.3 is 4.74 Å². The van der Waals surface area contributed by atoms with Gasteiger partial charge in [0.25, 0.3) is 0 Å². The summed E-state index contributed by atoms with van der Waals surface area (Å²) >= 11 is 0. The molecule has 0 unspecified atom stereocenters. The first kappa shape index (κ1) is 13.3. The van der Waals surface area contributed by atoms with E-state index >= 15 is 0 Å². The van der Waals surface area contributed by atoms with Gasteiger partial charge in [-0.15, -0.1) is 0 Å². The van der Waals surface area contributed by atoms with Crippen molar-refractivity contribution in [1.29, 1.82) is 0 Å². The summed E-state index contributed by atoms with van der Waals surface area (Å²) in [5.41, 5.74) is 2.51. The fraction of sp³-hybridized carbons (Fsp3) is 0.111. The fourth-order valence-corrected chi connectivity index (χ4v) is 2.27. The summed E-state index contributed by atoms with van der Waals surface area (Å²) in [4.78, 5) is 16.6. The van der Waals surface area contributed by atoms with Gasteiger partial charge in [0.15, 0.2) is 5.78 Å². The SMILES string of the molecule is COc1ccc(CC(=O)c2ccc3cccnc3c2)cc1. The van der Waals surface area contributed by atoms with Crippen LogP contribution in [0.5, 0.6) is 5.75 Å². The van der Waals surface area contributed by atoms with Crippen molar-refractivity contribution in [2.24, 2.45) is 0 Å². The van der Waals surface area contributed by atoms with Crippen molar-refractivity contribution in [1.82, 2.24) is 4.98 Å². The monoisotopic (exact) mass is 277 g/mol. The molecule has 2 aromatic carbocycles. The second kappa shape index (κ2) is 5.75. The van der Waals surface area contributed by atoms with Gasteiger partial charge in [-0.2, -0.15) is 0 Å². The Morgan fingerprint density at radius 1 is 1.10 bits per heavy atom. The van der Waals surface area contributed by atoms with Crippen molar-refractivity contribution < 1.29 is 9.53 Å². The molecule has 0 saturated heterocycles. The first-order valence-electron chi connectivity index (χ1n) is 6.77. The number of carbonyl (C=O) groups excluding carboxylic acids is 1. The minimum Gasteiger partial charge on any atom is -0.497 e. The lowest BCUT2D eigenvalue weighted by Crippen LogP contribution is -2.03. The van der Waals surface area contributed by atoms with E-state index in [9.17, 15) is 4.79 Å². The zero-order valence-electron chi connectivity index (χ0n) is 11.7. The van der Waals surface area contributed by atoms with Gasteiger partial charge >= 0.3 is 0 Å². The number of aromatic nitrogens is 1. The van der Waals surface area contributed by atoms with Crippen molar-refractivity contribution in [2.75, 3.05) is 7.11 Å². The van der Waals surface area contributed by atoms with E-state index in [2.05, 4.69) is 4.98 Å². The minimum atomic E-state index is 0.0905. The molecule has 0 amide bonds. The molecule has 0 radical (unpaired) electrons. The van der Waals surface area contributed by atoms with E-state index < -0.39 is 0 Å². The van der Waals surface area contributed by atoms with Crippen molar-refractivity contribution in [2.45, 2.75) is 6.42 Å². The van der Waals surface area contributed by atoms with Gasteiger partial charge in [-0.25, -0.2) is 0 Å². The highest BCUT2D eigenvalue weighted by molar-refractivity contribution is 6.00. The number of fused-ring (bicyclic) bond motifs is 1. The molecule has 0 spiro atoms. The third-order valence-corrected chi connectivity index (χ3v) is 3.45. The van der Waals surface area contributed by atoms with Gasteiger partial charge in [0.05, 0.1) is 12.6 Å². The summed E-state index contributed by atoms with van der Waals surface area (Å²) in [7, 11) is 1.63. The molecule has 1 heterocycles. The molecule has 0 aliphatic heterocycles. The van der Waals surface area contributed by atoms with Crippen LogP contribution in [-0.4, -0.2) is 17.9 Å². The molecule has 0 N–H and O–H groups in total. The summed E-state index contributed by atoms with van der Waals surface area (Å²) < 4.78 is 5.11. The number of ketones is 1. The lowest BCUT2D eigenvalue weighted by atomic mass is 10.0. The standard InChI is InChI=1S/C18H15NO2/c1-21-16-8-4-13(5-9-16)11-18(20)15-7-6-14-3-2-10-19-17(14)12-15/h2-10,12H,11H2,1H3. The summed E-state index contributed by atoms with van der Waals surface area (Å²) in [5, 5.41) is 1.04. The van der Waals surface area contributed by atoms with Crippen LogP contribution in [-0.2, 0) is 6.42 Å². The summed E-state index contributed by atoms with van der Waals surface area (Å²) in [5.74, 6) is 0.883. The first-order chi connectivity index (χ1) is 10.3. The molecule has 3 rings (SSSR count). The van der Waals surface area contributed by atoms with Gasteiger partial charge in [0.1, 0.15) is 5.75 Å². The van der Waals surface area contributed by atoms with Crippen LogP contribution < -0.4 is 4.74 Å². The number of methoxy groups -OCH3 is 1. The van der Waals surface area contributed by atoms with E-state index in [0.29, 0.717) is 12.0 Å². The van der Waals surface area contributed by atoms with Crippen LogP contribution in [0.25, 0.3) is 10.9 Å². The van der Waals surface area contributed by atoms with Crippen molar-refractivity contribution in [3.8, 4) is 5.75 Å². The number of nitrogens with zero attached hydrogens (tertiary/aromatic N) is 1. The molecule has 3 nitrogen and oxygen atoms in total. The summed E-state index contributed by atoms with van der Waals surface area (Å²) in [6.07, 6.45) is 2.11. The van der Waals surface area contributed by atoms with Crippen molar-refractivity contribution in [3.05, 3.63) is 71.9 Å². The Morgan fingerprint density at radius 3 is 2.67 bits per heavy atom. The number of benzene rings is 2. The predicted octanol–water partition coefficient (Wildman–Crippen LogP) is 3.67. The van der Waals surface area contributed by atoms with Gasteiger partial charge in [-0.05, 0) is 29.8 Å². The quantitative estimate of drug-likeness (QED) is 0.683. The molecular weight excluding hydrogens is 262 g/mol. The number of carbonyl (C=O) groups is 1. The fourth-order valence-electron chi connectivity index (χ4n) is 2.27. The van der Waals surface area contributed by atoms with Crippen LogP contribution in [0.15, 0.2) is 60.8 Å². The molecule has 0 fully saturated rings. The zero-order valence-corrected chi connectivity index (χ0v) is 11.7. The van der Waals surface area contributed by atoms with E-state index in [-0.39, 0.29) is 5.78 Å². The van der Waals surface area contributed by atoms with Crippen LogP contribution in [0.4, 0.5) is 0 Å². The van der Waals surface area contributed by atoms with Crippen LogP contribution in [0.2, 0.25) is 0 Å². The molecule has 104 valence electrons. The van der Waals surface area contributed by atoms with Gasteiger partial charge in [-0.3, -0.25) is 9.78 Å². The highest BCUT2D eigenvalue weighted by Crippen LogP contribution is 2.17. The Morgan fingerprint density at radius 2 is 1.90 bits per heavy atom. The Labute approximate surface area is 123 Å². The number of pyridine rings is 1. The van der Waals surface area contributed by atoms with Gasteiger partial charge in [-0.1, -0.05) is 30.3 Å². The number of Topliss-reactive ketones (excluding diaryl/α,β-unsaturated/α-hetero) is 1. The van der Waals surface area contributed by atoms with Crippen LogP contribution in [0, 0.1) is 0 Å². The number of rotatable bonds is 4. The average Bonchev–Trinajstić information content (AvgIpc) is 2.55. The molecule has 0 saturated carbocycles. The minimum absolute atomic E-state index is 0.0905. The third kappa shape index (κ3) is 2.92. The smallest absolute Gasteiger partial charge is 0.167 e. The average molecular weight is 277 g/mol. The molecule has 3 aromatic rings. The highest BCUT2D eigenvalue weighted by atomic mass is 16.5. The second-order valence-corrected chi connectivity index (χ2v) is 4.86. The Balaban J connectivity index is 1.82.